The van der Waals surface area contributed by atoms with Gasteiger partial charge in [0.15, 0.2) is 0 Å². The smallest absolute Gasteiger partial charge is 0.225 e. The van der Waals surface area contributed by atoms with E-state index < -0.39 is 9.84 Å². The van der Waals surface area contributed by atoms with Crippen molar-refractivity contribution >= 4 is 15.7 Å². The second-order valence-electron chi connectivity index (χ2n) is 7.82. The zero-order valence-corrected chi connectivity index (χ0v) is 16.7. The van der Waals surface area contributed by atoms with E-state index in [2.05, 4.69) is 15.1 Å². The lowest BCUT2D eigenvalue weighted by Gasteiger charge is -2.35. The third kappa shape index (κ3) is 4.25. The molecule has 1 aromatic rings. The summed E-state index contributed by atoms with van der Waals surface area (Å²) in [5.74, 6) is 2.28. The van der Waals surface area contributed by atoms with E-state index in [1.807, 2.05) is 30.6 Å². The highest BCUT2D eigenvalue weighted by Gasteiger charge is 2.34. The molecule has 0 unspecified atom stereocenters. The fourth-order valence-electron chi connectivity index (χ4n) is 3.93. The van der Waals surface area contributed by atoms with E-state index in [0.717, 1.165) is 37.6 Å². The Morgan fingerprint density at radius 3 is 2.54 bits per heavy atom. The molecule has 9 heteroatoms. The van der Waals surface area contributed by atoms with Crippen molar-refractivity contribution in [1.29, 1.82) is 0 Å². The number of sulfone groups is 1. The molecule has 0 spiro atoms. The normalized spacial score (nSPS) is 24.2. The van der Waals surface area contributed by atoms with E-state index in [9.17, 15) is 13.2 Å². The van der Waals surface area contributed by atoms with Crippen LogP contribution in [0, 0.1) is 5.92 Å². The predicted octanol–water partition coefficient (Wildman–Crippen LogP) is 0.408. The Morgan fingerprint density at radius 2 is 1.88 bits per heavy atom. The molecule has 0 radical (unpaired) electrons. The fourth-order valence-corrected chi connectivity index (χ4v) is 5.43. The number of nitrogens with zero attached hydrogens (tertiary/aromatic N) is 5. The summed E-state index contributed by atoms with van der Waals surface area (Å²) in [6, 6.07) is 0. The first-order valence-corrected chi connectivity index (χ1v) is 11.1. The van der Waals surface area contributed by atoms with Crippen LogP contribution in [0.2, 0.25) is 0 Å². The number of aromatic nitrogens is 3. The summed E-state index contributed by atoms with van der Waals surface area (Å²) in [4.78, 5) is 16.8. The summed E-state index contributed by atoms with van der Waals surface area (Å²) in [7, 11) is 3.04. The zero-order valence-electron chi connectivity index (χ0n) is 15.9. The van der Waals surface area contributed by atoms with Gasteiger partial charge < -0.3 is 14.4 Å². The van der Waals surface area contributed by atoms with Crippen LogP contribution in [0.4, 0.5) is 0 Å². The van der Waals surface area contributed by atoms with Crippen LogP contribution >= 0.6 is 0 Å². The Balaban J connectivity index is 1.66. The molecular formula is C17H29N5O3S. The Kier molecular flexibility index (Phi) is 5.67. The van der Waals surface area contributed by atoms with Crippen LogP contribution in [0.25, 0.3) is 0 Å². The van der Waals surface area contributed by atoms with Gasteiger partial charge in [0.25, 0.3) is 0 Å². The Morgan fingerprint density at radius 1 is 1.19 bits per heavy atom. The Labute approximate surface area is 155 Å². The summed E-state index contributed by atoms with van der Waals surface area (Å²) in [6.07, 6.45) is 2.85. The van der Waals surface area contributed by atoms with Gasteiger partial charge in [-0.15, -0.1) is 10.2 Å². The SMILES string of the molecule is CN(C)Cc1nnc([C@H]2CCCN(C(=O)C3CCS(=O)(=O)CC3)C2)n1C. The van der Waals surface area contributed by atoms with Crippen molar-refractivity contribution in [1.82, 2.24) is 24.6 Å². The van der Waals surface area contributed by atoms with Crippen molar-refractivity contribution in [3.05, 3.63) is 11.6 Å². The van der Waals surface area contributed by atoms with Gasteiger partial charge in [-0.05, 0) is 39.8 Å². The van der Waals surface area contributed by atoms with Crippen LogP contribution in [0.1, 0.15) is 43.3 Å². The highest BCUT2D eigenvalue weighted by molar-refractivity contribution is 7.91. The molecule has 0 aliphatic carbocycles. The molecule has 146 valence electrons. The average molecular weight is 384 g/mol. The van der Waals surface area contributed by atoms with Crippen LogP contribution in [0.15, 0.2) is 0 Å². The van der Waals surface area contributed by atoms with Gasteiger partial charge in [0.05, 0.1) is 18.1 Å². The molecule has 1 atom stereocenters. The van der Waals surface area contributed by atoms with Crippen molar-refractivity contribution in [2.24, 2.45) is 13.0 Å². The van der Waals surface area contributed by atoms with E-state index in [1.165, 1.54) is 0 Å². The van der Waals surface area contributed by atoms with E-state index in [-0.39, 0.29) is 29.2 Å². The number of likely N-dealkylation sites (tertiary alicyclic amines) is 1. The lowest BCUT2D eigenvalue weighted by Crippen LogP contribution is -2.44. The molecule has 2 aliphatic heterocycles. The van der Waals surface area contributed by atoms with Gasteiger partial charge in [0.2, 0.25) is 5.91 Å². The highest BCUT2D eigenvalue weighted by atomic mass is 32.2. The molecule has 3 heterocycles. The van der Waals surface area contributed by atoms with Crippen molar-refractivity contribution < 1.29 is 13.2 Å². The van der Waals surface area contributed by atoms with E-state index in [1.54, 1.807) is 0 Å². The van der Waals surface area contributed by atoms with Gasteiger partial charge >= 0.3 is 0 Å². The topological polar surface area (TPSA) is 88.4 Å². The number of piperidine rings is 1. The van der Waals surface area contributed by atoms with E-state index >= 15 is 0 Å². The first-order chi connectivity index (χ1) is 12.3. The van der Waals surface area contributed by atoms with Crippen molar-refractivity contribution in [3.63, 3.8) is 0 Å². The first-order valence-electron chi connectivity index (χ1n) is 9.29. The summed E-state index contributed by atoms with van der Waals surface area (Å²) >= 11 is 0. The molecule has 0 N–H and O–H groups in total. The van der Waals surface area contributed by atoms with Crippen molar-refractivity contribution in [2.75, 3.05) is 38.7 Å². The van der Waals surface area contributed by atoms with Gasteiger partial charge in [0.1, 0.15) is 21.5 Å². The number of carbonyl (C=O) groups is 1. The lowest BCUT2D eigenvalue weighted by atomic mass is 9.94. The second-order valence-corrected chi connectivity index (χ2v) is 10.1. The summed E-state index contributed by atoms with van der Waals surface area (Å²) in [5, 5.41) is 8.69. The molecule has 3 rings (SSSR count). The molecular weight excluding hydrogens is 354 g/mol. The number of rotatable bonds is 4. The third-order valence-corrected chi connectivity index (χ3v) is 7.17. The molecule has 2 aliphatic rings. The zero-order chi connectivity index (χ0) is 18.9. The van der Waals surface area contributed by atoms with Crippen molar-refractivity contribution in [3.8, 4) is 0 Å². The second kappa shape index (κ2) is 7.64. The number of amides is 1. The van der Waals surface area contributed by atoms with Gasteiger partial charge in [-0.2, -0.15) is 0 Å². The predicted molar refractivity (Wildman–Crippen MR) is 98.3 cm³/mol. The maximum absolute atomic E-state index is 12.9. The maximum Gasteiger partial charge on any atom is 0.225 e. The lowest BCUT2D eigenvalue weighted by molar-refractivity contribution is -0.137. The summed E-state index contributed by atoms with van der Waals surface area (Å²) < 4.78 is 25.3. The van der Waals surface area contributed by atoms with Crippen molar-refractivity contribution in [2.45, 2.75) is 38.1 Å². The number of hydrogen-bond donors (Lipinski definition) is 0. The van der Waals surface area contributed by atoms with Gasteiger partial charge in [-0.1, -0.05) is 0 Å². The minimum absolute atomic E-state index is 0.111. The minimum atomic E-state index is -2.94. The average Bonchev–Trinajstić information content (AvgIpc) is 2.94. The maximum atomic E-state index is 12.9. The third-order valence-electron chi connectivity index (χ3n) is 5.46. The first kappa shape index (κ1) is 19.3. The molecule has 26 heavy (non-hydrogen) atoms. The minimum Gasteiger partial charge on any atom is -0.342 e. The molecule has 0 bridgehead atoms. The van der Waals surface area contributed by atoms with Gasteiger partial charge in [-0.3, -0.25) is 4.79 Å². The molecule has 1 amide bonds. The van der Waals surface area contributed by atoms with E-state index in [4.69, 9.17) is 0 Å². The molecule has 2 saturated heterocycles. The monoisotopic (exact) mass is 383 g/mol. The fraction of sp³-hybridized carbons (Fsp3) is 0.824. The van der Waals surface area contributed by atoms with E-state index in [0.29, 0.717) is 19.4 Å². The number of hydrogen-bond acceptors (Lipinski definition) is 6. The molecule has 2 fully saturated rings. The van der Waals surface area contributed by atoms with Gasteiger partial charge in [-0.25, -0.2) is 8.42 Å². The Bertz CT molecular complexity index is 744. The standard InChI is InChI=1S/C17H29N5O3S/c1-20(2)12-15-18-19-16(21(15)3)14-5-4-8-22(11-14)17(23)13-6-9-26(24,25)10-7-13/h13-14H,4-12H2,1-3H3/t14-/m0/s1. The van der Waals surface area contributed by atoms with Crippen LogP contribution in [-0.4, -0.2) is 77.6 Å². The molecule has 1 aromatic heterocycles. The van der Waals surface area contributed by atoms with Crippen LogP contribution in [0.3, 0.4) is 0 Å². The number of carbonyl (C=O) groups excluding carboxylic acids is 1. The molecule has 0 saturated carbocycles. The van der Waals surface area contributed by atoms with Crippen LogP contribution in [0.5, 0.6) is 0 Å². The quantitative estimate of drug-likeness (QED) is 0.748. The largest absolute Gasteiger partial charge is 0.342 e. The summed E-state index contributed by atoms with van der Waals surface area (Å²) in [6.45, 7) is 2.13. The van der Waals surface area contributed by atoms with Gasteiger partial charge in [0, 0.05) is 32.0 Å². The highest BCUT2D eigenvalue weighted by Crippen LogP contribution is 2.29. The van der Waals surface area contributed by atoms with Crippen LogP contribution < -0.4 is 0 Å². The molecule has 0 aromatic carbocycles. The van der Waals surface area contributed by atoms with Crippen LogP contribution in [-0.2, 0) is 28.2 Å². The Hall–Kier alpha value is -1.48. The summed E-state index contributed by atoms with van der Waals surface area (Å²) in [5.41, 5.74) is 0. The molecule has 8 nitrogen and oxygen atoms in total.